The predicted octanol–water partition coefficient (Wildman–Crippen LogP) is 4.43. The number of hydrogen-bond donors (Lipinski definition) is 0. The number of anilines is 1. The van der Waals surface area contributed by atoms with Crippen LogP contribution < -0.4 is 9.64 Å². The summed E-state index contributed by atoms with van der Waals surface area (Å²) in [5.41, 5.74) is 3.23. The maximum atomic E-state index is 13.3. The third kappa shape index (κ3) is 3.69. The lowest BCUT2D eigenvalue weighted by Crippen LogP contribution is -2.40. The molecule has 1 aliphatic rings. The van der Waals surface area contributed by atoms with Crippen LogP contribution in [0.4, 0.5) is 5.69 Å². The Balaban J connectivity index is 1.55. The van der Waals surface area contributed by atoms with Crippen molar-refractivity contribution in [1.29, 1.82) is 0 Å². The van der Waals surface area contributed by atoms with Crippen molar-refractivity contribution in [3.8, 4) is 17.1 Å². The van der Waals surface area contributed by atoms with Gasteiger partial charge in [0.15, 0.2) is 11.0 Å². The first-order valence-corrected chi connectivity index (χ1v) is 11.1. The number of rotatable bonds is 6. The topological polar surface area (TPSA) is 60.2 Å². The number of benzene rings is 2. The fourth-order valence-corrected chi connectivity index (χ4v) is 4.88. The summed E-state index contributed by atoms with van der Waals surface area (Å²) in [5, 5.41) is 9.28. The van der Waals surface area contributed by atoms with Crippen molar-refractivity contribution in [3.63, 3.8) is 0 Å². The predicted molar refractivity (Wildman–Crippen MR) is 120 cm³/mol. The summed E-state index contributed by atoms with van der Waals surface area (Å²) in [7, 11) is 1.65. The number of ether oxygens (including phenoxy) is 1. The second-order valence-electron chi connectivity index (χ2n) is 7.43. The molecule has 156 valence electrons. The summed E-state index contributed by atoms with van der Waals surface area (Å²) in [6.07, 6.45) is 0.895. The van der Waals surface area contributed by atoms with Crippen molar-refractivity contribution < 1.29 is 9.53 Å². The summed E-state index contributed by atoms with van der Waals surface area (Å²) in [6, 6.07) is 16.1. The van der Waals surface area contributed by atoms with Gasteiger partial charge < -0.3 is 14.2 Å². The number of thioether (sulfide) groups is 1. The number of aromatic nitrogens is 3. The van der Waals surface area contributed by atoms with Crippen molar-refractivity contribution >= 4 is 23.4 Å². The van der Waals surface area contributed by atoms with E-state index in [9.17, 15) is 4.79 Å². The molecule has 0 spiro atoms. The molecule has 1 amide bonds. The molecule has 2 unspecified atom stereocenters. The SMILES string of the molecule is CCn1c(SC(C)C(=O)N2c3ccccc3CC2C)nnc1-c1ccc(OC)cc1. The monoisotopic (exact) mass is 422 g/mol. The average Bonchev–Trinajstić information content (AvgIpc) is 3.32. The van der Waals surface area contributed by atoms with Gasteiger partial charge in [0, 0.05) is 23.8 Å². The van der Waals surface area contributed by atoms with Gasteiger partial charge in [-0.05, 0) is 63.1 Å². The highest BCUT2D eigenvalue weighted by Crippen LogP contribution is 2.35. The lowest BCUT2D eigenvalue weighted by molar-refractivity contribution is -0.118. The number of amides is 1. The highest BCUT2D eigenvalue weighted by Gasteiger charge is 2.34. The standard InChI is InChI=1S/C23H26N4O2S/c1-5-26-21(17-10-12-19(29-4)13-11-17)24-25-23(26)30-16(3)22(28)27-15(2)14-18-8-6-7-9-20(18)27/h6-13,15-16H,5,14H2,1-4H3. The van der Waals surface area contributed by atoms with Gasteiger partial charge in [-0.3, -0.25) is 4.79 Å². The van der Waals surface area contributed by atoms with Crippen molar-refractivity contribution in [2.24, 2.45) is 0 Å². The van der Waals surface area contributed by atoms with Gasteiger partial charge in [0.05, 0.1) is 12.4 Å². The van der Waals surface area contributed by atoms with E-state index in [2.05, 4.69) is 34.7 Å². The molecule has 7 heteroatoms. The Morgan fingerprint density at radius 3 is 2.63 bits per heavy atom. The smallest absolute Gasteiger partial charge is 0.240 e. The molecule has 4 rings (SSSR count). The Morgan fingerprint density at radius 1 is 1.20 bits per heavy atom. The minimum Gasteiger partial charge on any atom is -0.497 e. The summed E-state index contributed by atoms with van der Waals surface area (Å²) in [4.78, 5) is 15.2. The van der Waals surface area contributed by atoms with Crippen molar-refractivity contribution in [2.75, 3.05) is 12.0 Å². The molecule has 2 atom stereocenters. The van der Waals surface area contributed by atoms with E-state index in [0.717, 1.165) is 40.9 Å². The number of fused-ring (bicyclic) bond motifs is 1. The number of carbonyl (C=O) groups is 1. The Kier molecular flexibility index (Phi) is 5.81. The number of nitrogens with zero attached hydrogens (tertiary/aromatic N) is 4. The summed E-state index contributed by atoms with van der Waals surface area (Å²) in [6.45, 7) is 6.83. The fourth-order valence-electron chi connectivity index (χ4n) is 3.92. The first-order valence-electron chi connectivity index (χ1n) is 10.2. The van der Waals surface area contributed by atoms with Crippen LogP contribution in [0.15, 0.2) is 53.7 Å². The molecule has 0 saturated heterocycles. The maximum Gasteiger partial charge on any atom is 0.240 e. The van der Waals surface area contributed by atoms with Crippen molar-refractivity contribution in [2.45, 2.75) is 50.2 Å². The van der Waals surface area contributed by atoms with E-state index < -0.39 is 0 Å². The molecular weight excluding hydrogens is 396 g/mol. The minimum atomic E-state index is -0.267. The summed E-state index contributed by atoms with van der Waals surface area (Å²) in [5.74, 6) is 1.70. The minimum absolute atomic E-state index is 0.106. The number of para-hydroxylation sites is 1. The number of methoxy groups -OCH3 is 1. The van der Waals surface area contributed by atoms with Gasteiger partial charge in [-0.15, -0.1) is 10.2 Å². The van der Waals surface area contributed by atoms with Crippen LogP contribution in [0.3, 0.4) is 0 Å². The van der Waals surface area contributed by atoms with Gasteiger partial charge >= 0.3 is 0 Å². The van der Waals surface area contributed by atoms with Crippen LogP contribution in [-0.4, -0.2) is 39.1 Å². The highest BCUT2D eigenvalue weighted by atomic mass is 32.2. The zero-order valence-electron chi connectivity index (χ0n) is 17.7. The normalized spacial score (nSPS) is 16.4. The van der Waals surface area contributed by atoms with Crippen LogP contribution in [-0.2, 0) is 17.8 Å². The van der Waals surface area contributed by atoms with Crippen molar-refractivity contribution in [3.05, 3.63) is 54.1 Å². The quantitative estimate of drug-likeness (QED) is 0.550. The van der Waals surface area contributed by atoms with Crippen LogP contribution in [0, 0.1) is 0 Å². The lowest BCUT2D eigenvalue weighted by atomic mass is 10.1. The van der Waals surface area contributed by atoms with Crippen LogP contribution in [0.1, 0.15) is 26.3 Å². The van der Waals surface area contributed by atoms with Crippen LogP contribution in [0.25, 0.3) is 11.4 Å². The molecule has 0 fully saturated rings. The van der Waals surface area contributed by atoms with E-state index >= 15 is 0 Å². The molecule has 2 heterocycles. The third-order valence-electron chi connectivity index (χ3n) is 5.46. The van der Waals surface area contributed by atoms with Gasteiger partial charge in [0.25, 0.3) is 0 Å². The van der Waals surface area contributed by atoms with E-state index in [1.54, 1.807) is 7.11 Å². The van der Waals surface area contributed by atoms with Gasteiger partial charge in [0.2, 0.25) is 5.91 Å². The molecule has 1 aliphatic heterocycles. The average molecular weight is 423 g/mol. The molecule has 30 heavy (non-hydrogen) atoms. The molecular formula is C23H26N4O2S. The third-order valence-corrected chi connectivity index (χ3v) is 6.52. The van der Waals surface area contributed by atoms with E-state index in [4.69, 9.17) is 4.74 Å². The van der Waals surface area contributed by atoms with E-state index in [0.29, 0.717) is 0 Å². The van der Waals surface area contributed by atoms with Crippen LogP contribution >= 0.6 is 11.8 Å². The Labute approximate surface area is 181 Å². The van der Waals surface area contributed by atoms with Gasteiger partial charge in [-0.25, -0.2) is 0 Å². The molecule has 2 aromatic carbocycles. The molecule has 0 bridgehead atoms. The summed E-state index contributed by atoms with van der Waals surface area (Å²) < 4.78 is 7.29. The van der Waals surface area contributed by atoms with Crippen molar-refractivity contribution in [1.82, 2.24) is 14.8 Å². The molecule has 6 nitrogen and oxygen atoms in total. The Morgan fingerprint density at radius 2 is 1.93 bits per heavy atom. The molecule has 1 aromatic heterocycles. The summed E-state index contributed by atoms with van der Waals surface area (Å²) >= 11 is 1.46. The molecule has 0 radical (unpaired) electrons. The van der Waals surface area contributed by atoms with Crippen LogP contribution in [0.5, 0.6) is 5.75 Å². The number of carbonyl (C=O) groups excluding carboxylic acids is 1. The maximum absolute atomic E-state index is 13.3. The molecule has 0 saturated carbocycles. The molecule has 3 aromatic rings. The van der Waals surface area contributed by atoms with E-state index in [1.807, 2.05) is 54.3 Å². The van der Waals surface area contributed by atoms with Gasteiger partial charge in [-0.1, -0.05) is 30.0 Å². The van der Waals surface area contributed by atoms with E-state index in [-0.39, 0.29) is 17.2 Å². The molecule has 0 N–H and O–H groups in total. The second kappa shape index (κ2) is 8.52. The van der Waals surface area contributed by atoms with Gasteiger partial charge in [0.1, 0.15) is 5.75 Å². The lowest BCUT2D eigenvalue weighted by Gasteiger charge is -2.25. The largest absolute Gasteiger partial charge is 0.497 e. The Hall–Kier alpha value is -2.80. The number of hydrogen-bond acceptors (Lipinski definition) is 5. The zero-order valence-corrected chi connectivity index (χ0v) is 18.5. The first-order chi connectivity index (χ1) is 14.5. The molecule has 0 aliphatic carbocycles. The zero-order chi connectivity index (χ0) is 21.3. The van der Waals surface area contributed by atoms with Crippen LogP contribution in [0.2, 0.25) is 0 Å². The highest BCUT2D eigenvalue weighted by molar-refractivity contribution is 8.00. The second-order valence-corrected chi connectivity index (χ2v) is 8.74. The van der Waals surface area contributed by atoms with Gasteiger partial charge in [-0.2, -0.15) is 0 Å². The first kappa shape index (κ1) is 20.5. The fraction of sp³-hybridized carbons (Fsp3) is 0.348. The van der Waals surface area contributed by atoms with E-state index in [1.165, 1.54) is 17.3 Å². The Bertz CT molecular complexity index is 1050.